The molecule has 0 aliphatic carbocycles. The van der Waals surface area contributed by atoms with Gasteiger partial charge in [0.2, 0.25) is 5.95 Å². The molecule has 100 valence electrons. The summed E-state index contributed by atoms with van der Waals surface area (Å²) in [5.74, 6) is 3.17. The van der Waals surface area contributed by atoms with E-state index in [0.717, 1.165) is 37.7 Å². The van der Waals surface area contributed by atoms with Gasteiger partial charge in [-0.05, 0) is 31.4 Å². The molecule has 1 unspecified atom stereocenters. The third kappa shape index (κ3) is 2.64. The van der Waals surface area contributed by atoms with Crippen molar-refractivity contribution in [3.8, 4) is 0 Å². The molecule has 0 aromatic carbocycles. The molecule has 3 N–H and O–H groups in total. The second-order valence-electron chi connectivity index (χ2n) is 5.20. The number of anilines is 1. The van der Waals surface area contributed by atoms with E-state index in [0.29, 0.717) is 11.3 Å². The van der Waals surface area contributed by atoms with Crippen LogP contribution in [0.25, 0.3) is 0 Å². The van der Waals surface area contributed by atoms with Crippen molar-refractivity contribution in [3.05, 3.63) is 5.82 Å². The van der Waals surface area contributed by atoms with Crippen LogP contribution in [0.3, 0.4) is 0 Å². The number of H-pyrrole nitrogens is 1. The number of hydrogen-bond acceptors (Lipinski definition) is 5. The Hall–Kier alpha value is -0.750. The van der Waals surface area contributed by atoms with Crippen LogP contribution in [0.1, 0.15) is 43.2 Å². The molecule has 0 bridgehead atoms. The summed E-state index contributed by atoms with van der Waals surface area (Å²) in [5, 5.41) is 8.03. The number of nitrogens with zero attached hydrogens (tertiary/aromatic N) is 3. The van der Waals surface area contributed by atoms with Crippen LogP contribution in [0.2, 0.25) is 0 Å². The van der Waals surface area contributed by atoms with Crippen molar-refractivity contribution in [2.75, 3.05) is 23.7 Å². The first-order valence-electron chi connectivity index (χ1n) is 6.87. The number of rotatable bonds is 2. The minimum Gasteiger partial charge on any atom is -0.339 e. The zero-order valence-electron chi connectivity index (χ0n) is 10.6. The number of aromatic amines is 1. The summed E-state index contributed by atoms with van der Waals surface area (Å²) < 4.78 is 0. The molecule has 1 atom stereocenters. The molecule has 3 heterocycles. The molecular weight excluding hydrogens is 246 g/mol. The van der Waals surface area contributed by atoms with E-state index in [2.05, 4.69) is 20.1 Å². The highest BCUT2D eigenvalue weighted by molar-refractivity contribution is 7.99. The second-order valence-corrected chi connectivity index (χ2v) is 6.51. The van der Waals surface area contributed by atoms with Gasteiger partial charge in [-0.15, -0.1) is 5.10 Å². The fraction of sp³-hybridized carbons (Fsp3) is 0.833. The van der Waals surface area contributed by atoms with E-state index in [1.807, 2.05) is 11.8 Å². The Bertz CT molecular complexity index is 380. The molecule has 1 aromatic heterocycles. The van der Waals surface area contributed by atoms with Gasteiger partial charge in [-0.3, -0.25) is 5.10 Å². The lowest BCUT2D eigenvalue weighted by atomic mass is 10.1. The number of aromatic nitrogens is 3. The molecule has 0 spiro atoms. The molecule has 2 aliphatic heterocycles. The second kappa shape index (κ2) is 5.48. The molecular formula is C12H21N5S. The number of hydrogen-bond donors (Lipinski definition) is 2. The molecule has 18 heavy (non-hydrogen) atoms. The van der Waals surface area contributed by atoms with Gasteiger partial charge in [0.25, 0.3) is 0 Å². The van der Waals surface area contributed by atoms with Gasteiger partial charge in [0.1, 0.15) is 5.82 Å². The van der Waals surface area contributed by atoms with Gasteiger partial charge in [-0.25, -0.2) is 0 Å². The van der Waals surface area contributed by atoms with Crippen molar-refractivity contribution in [2.45, 2.75) is 43.4 Å². The molecule has 0 saturated carbocycles. The van der Waals surface area contributed by atoms with Crippen LogP contribution in [-0.4, -0.2) is 40.1 Å². The van der Waals surface area contributed by atoms with E-state index >= 15 is 0 Å². The van der Waals surface area contributed by atoms with E-state index in [4.69, 9.17) is 5.73 Å². The predicted molar refractivity (Wildman–Crippen MR) is 74.9 cm³/mol. The van der Waals surface area contributed by atoms with Gasteiger partial charge in [0.05, 0.1) is 5.25 Å². The zero-order chi connectivity index (χ0) is 12.4. The first-order valence-corrected chi connectivity index (χ1v) is 7.92. The lowest BCUT2D eigenvalue weighted by Crippen LogP contribution is -2.40. The van der Waals surface area contributed by atoms with Crippen molar-refractivity contribution < 1.29 is 0 Å². The molecule has 3 rings (SSSR count). The van der Waals surface area contributed by atoms with Gasteiger partial charge in [0, 0.05) is 19.1 Å². The van der Waals surface area contributed by atoms with Crippen molar-refractivity contribution in [1.29, 1.82) is 0 Å². The normalized spacial score (nSPS) is 26.5. The largest absolute Gasteiger partial charge is 0.339 e. The molecule has 5 nitrogen and oxygen atoms in total. The molecule has 0 radical (unpaired) electrons. The fourth-order valence-corrected chi connectivity index (χ4v) is 3.86. The molecule has 2 saturated heterocycles. The standard InChI is InChI=1S/C12H21N5S/c13-9-4-6-17(7-5-9)12-14-11(15-16-12)10-3-1-2-8-18-10/h9-10H,1-8,13H2,(H,14,15,16). The van der Waals surface area contributed by atoms with Crippen molar-refractivity contribution >= 4 is 17.7 Å². The predicted octanol–water partition coefficient (Wildman–Crippen LogP) is 1.69. The average molecular weight is 267 g/mol. The van der Waals surface area contributed by atoms with Crippen molar-refractivity contribution in [3.63, 3.8) is 0 Å². The SMILES string of the molecule is NC1CCN(c2n[nH]c(C3CCCCS3)n2)CC1. The maximum atomic E-state index is 5.92. The first-order chi connectivity index (χ1) is 8.83. The Labute approximate surface area is 112 Å². The highest BCUT2D eigenvalue weighted by Crippen LogP contribution is 2.36. The maximum absolute atomic E-state index is 5.92. The van der Waals surface area contributed by atoms with Crippen LogP contribution in [0.4, 0.5) is 5.95 Å². The third-order valence-corrected chi connectivity index (χ3v) is 5.18. The Morgan fingerprint density at radius 2 is 2.06 bits per heavy atom. The Morgan fingerprint density at radius 3 is 2.78 bits per heavy atom. The third-order valence-electron chi connectivity index (χ3n) is 3.80. The summed E-state index contributed by atoms with van der Waals surface area (Å²) in [5.41, 5.74) is 5.92. The lowest BCUT2D eigenvalue weighted by Gasteiger charge is -2.29. The van der Waals surface area contributed by atoms with E-state index in [-0.39, 0.29) is 0 Å². The van der Waals surface area contributed by atoms with Crippen LogP contribution in [0, 0.1) is 0 Å². The molecule has 0 amide bonds. The summed E-state index contributed by atoms with van der Waals surface area (Å²) in [7, 11) is 0. The van der Waals surface area contributed by atoms with Crippen molar-refractivity contribution in [1.82, 2.24) is 15.2 Å². The van der Waals surface area contributed by atoms with Gasteiger partial charge in [-0.2, -0.15) is 16.7 Å². The van der Waals surface area contributed by atoms with Crippen LogP contribution >= 0.6 is 11.8 Å². The van der Waals surface area contributed by atoms with Crippen LogP contribution in [0.5, 0.6) is 0 Å². The molecule has 1 aromatic rings. The summed E-state index contributed by atoms with van der Waals surface area (Å²) >= 11 is 2.00. The number of nitrogens with one attached hydrogen (secondary N) is 1. The van der Waals surface area contributed by atoms with Gasteiger partial charge >= 0.3 is 0 Å². The highest BCUT2D eigenvalue weighted by atomic mass is 32.2. The Morgan fingerprint density at radius 1 is 1.22 bits per heavy atom. The summed E-state index contributed by atoms with van der Waals surface area (Å²) in [6, 6.07) is 0.355. The van der Waals surface area contributed by atoms with Gasteiger partial charge < -0.3 is 10.6 Å². The fourth-order valence-electron chi connectivity index (χ4n) is 2.61. The summed E-state index contributed by atoms with van der Waals surface area (Å²) in [6.07, 6.45) is 5.97. The quantitative estimate of drug-likeness (QED) is 0.853. The van der Waals surface area contributed by atoms with E-state index in [1.165, 1.54) is 25.0 Å². The molecule has 2 aliphatic rings. The number of piperidine rings is 1. The zero-order valence-corrected chi connectivity index (χ0v) is 11.5. The minimum atomic E-state index is 0.355. The first kappa shape index (κ1) is 12.3. The Kier molecular flexibility index (Phi) is 3.75. The van der Waals surface area contributed by atoms with Crippen molar-refractivity contribution in [2.24, 2.45) is 5.73 Å². The number of thioether (sulfide) groups is 1. The topological polar surface area (TPSA) is 70.8 Å². The minimum absolute atomic E-state index is 0.355. The smallest absolute Gasteiger partial charge is 0.244 e. The van der Waals surface area contributed by atoms with E-state index in [1.54, 1.807) is 0 Å². The lowest BCUT2D eigenvalue weighted by molar-refractivity contribution is 0.496. The summed E-state index contributed by atoms with van der Waals surface area (Å²) in [6.45, 7) is 1.96. The maximum Gasteiger partial charge on any atom is 0.244 e. The molecule has 2 fully saturated rings. The summed E-state index contributed by atoms with van der Waals surface area (Å²) in [4.78, 5) is 6.93. The van der Waals surface area contributed by atoms with Crippen LogP contribution in [0.15, 0.2) is 0 Å². The highest BCUT2D eigenvalue weighted by Gasteiger charge is 2.23. The number of nitrogens with two attached hydrogens (primary N) is 1. The van der Waals surface area contributed by atoms with Crippen LogP contribution < -0.4 is 10.6 Å². The van der Waals surface area contributed by atoms with E-state index in [9.17, 15) is 0 Å². The monoisotopic (exact) mass is 267 g/mol. The van der Waals surface area contributed by atoms with E-state index < -0.39 is 0 Å². The van der Waals surface area contributed by atoms with Crippen LogP contribution in [-0.2, 0) is 0 Å². The van der Waals surface area contributed by atoms with Gasteiger partial charge in [0.15, 0.2) is 0 Å². The Balaban J connectivity index is 1.65. The average Bonchev–Trinajstić information content (AvgIpc) is 2.90. The van der Waals surface area contributed by atoms with Gasteiger partial charge in [-0.1, -0.05) is 6.42 Å². The molecule has 6 heteroatoms.